The monoisotopic (exact) mass is 786 g/mol. The molecule has 318 valence electrons. The van der Waals surface area contributed by atoms with Crippen LogP contribution in [-0.4, -0.2) is 70.0 Å². The van der Waals surface area contributed by atoms with Crippen molar-refractivity contribution in [3.8, 4) is 0 Å². The number of hydrogen-bond acceptors (Lipinski definition) is 8. The number of quaternary nitrogens is 1. The van der Waals surface area contributed by atoms with E-state index in [0.29, 0.717) is 17.4 Å². The predicted molar refractivity (Wildman–Crippen MR) is 222 cm³/mol. The molecule has 0 aromatic heterocycles. The molecule has 0 aromatic rings. The van der Waals surface area contributed by atoms with Gasteiger partial charge in [0.05, 0.1) is 27.7 Å². The molecule has 0 bridgehead atoms. The summed E-state index contributed by atoms with van der Waals surface area (Å²) in [6.45, 7) is 4.17. The molecule has 9 nitrogen and oxygen atoms in total. The summed E-state index contributed by atoms with van der Waals surface area (Å²) >= 11 is 0. The van der Waals surface area contributed by atoms with Crippen LogP contribution in [-0.2, 0) is 32.7 Å². The van der Waals surface area contributed by atoms with Gasteiger partial charge in [0.25, 0.3) is 7.82 Å². The third-order valence-corrected chi connectivity index (χ3v) is 10.5. The number of nitrogens with zero attached hydrogens (tertiary/aromatic N) is 1. The van der Waals surface area contributed by atoms with E-state index in [0.717, 1.165) is 32.1 Å². The lowest BCUT2D eigenvalue weighted by molar-refractivity contribution is -0.870. The number of unbranched alkanes of at least 4 members (excludes halogenated alkanes) is 22. The third-order valence-electron chi connectivity index (χ3n) is 9.49. The normalized spacial score (nSPS) is 13.8. The summed E-state index contributed by atoms with van der Waals surface area (Å²) in [7, 11) is 1.14. The van der Waals surface area contributed by atoms with Crippen LogP contribution in [0.2, 0.25) is 0 Å². The molecule has 10 heteroatoms. The molecule has 0 heterocycles. The highest BCUT2D eigenvalue weighted by Gasteiger charge is 2.21. The Morgan fingerprint density at radius 1 is 0.574 bits per heavy atom. The first-order valence-corrected chi connectivity index (χ1v) is 23.5. The number of phosphoric acid groups is 1. The van der Waals surface area contributed by atoms with Crippen molar-refractivity contribution in [3.63, 3.8) is 0 Å². The Kier molecular flexibility index (Phi) is 36.1. The van der Waals surface area contributed by atoms with Crippen LogP contribution < -0.4 is 4.89 Å². The quantitative estimate of drug-likeness (QED) is 0.0198. The Bertz CT molecular complexity index is 980. The van der Waals surface area contributed by atoms with Crippen LogP contribution in [0.25, 0.3) is 0 Å². The van der Waals surface area contributed by atoms with Crippen molar-refractivity contribution in [2.24, 2.45) is 0 Å². The lowest BCUT2D eigenvalue weighted by atomic mass is 10.0. The van der Waals surface area contributed by atoms with Crippen LogP contribution in [0.4, 0.5) is 0 Å². The van der Waals surface area contributed by atoms with Gasteiger partial charge in [0.15, 0.2) is 6.10 Å². The molecule has 0 amide bonds. The van der Waals surface area contributed by atoms with Gasteiger partial charge in [0.2, 0.25) is 0 Å². The number of phosphoric ester groups is 1. The van der Waals surface area contributed by atoms with Crippen molar-refractivity contribution in [1.82, 2.24) is 0 Å². The first kappa shape index (κ1) is 52.5. The van der Waals surface area contributed by atoms with E-state index in [1.807, 2.05) is 33.3 Å². The van der Waals surface area contributed by atoms with Crippen molar-refractivity contribution in [1.29, 1.82) is 0 Å². The number of likely N-dealkylation sites (N-methyl/N-ethyl adjacent to an activating group) is 1. The summed E-state index contributed by atoms with van der Waals surface area (Å²) in [5.74, 6) is -0.905. The molecule has 0 aliphatic rings. The summed E-state index contributed by atoms with van der Waals surface area (Å²) in [6, 6.07) is 0. The summed E-state index contributed by atoms with van der Waals surface area (Å²) in [6.07, 6.45) is 39.3. The van der Waals surface area contributed by atoms with Crippen LogP contribution in [0.1, 0.15) is 194 Å². The molecule has 0 fully saturated rings. The molecule has 0 saturated carbocycles. The molecular weight excluding hydrogens is 701 g/mol. The van der Waals surface area contributed by atoms with Crippen molar-refractivity contribution < 1.29 is 42.1 Å². The van der Waals surface area contributed by atoms with Gasteiger partial charge in [-0.1, -0.05) is 173 Å². The maximum Gasteiger partial charge on any atom is 0.306 e. The molecule has 0 spiro atoms. The molecule has 2 unspecified atom stereocenters. The van der Waals surface area contributed by atoms with E-state index >= 15 is 0 Å². The van der Waals surface area contributed by atoms with E-state index < -0.39 is 32.5 Å². The lowest BCUT2D eigenvalue weighted by Gasteiger charge is -2.28. The van der Waals surface area contributed by atoms with Crippen LogP contribution in [0.15, 0.2) is 24.3 Å². The maximum absolute atomic E-state index is 12.6. The average Bonchev–Trinajstić information content (AvgIpc) is 3.12. The fourth-order valence-electron chi connectivity index (χ4n) is 6.00. The van der Waals surface area contributed by atoms with Crippen LogP contribution in [0.3, 0.4) is 0 Å². The molecule has 0 saturated heterocycles. The Balaban J connectivity index is 4.41. The molecule has 0 aliphatic heterocycles. The van der Waals surface area contributed by atoms with Gasteiger partial charge >= 0.3 is 11.9 Å². The lowest BCUT2D eigenvalue weighted by Crippen LogP contribution is -2.37. The van der Waals surface area contributed by atoms with Crippen LogP contribution in [0, 0.1) is 0 Å². The molecule has 0 aliphatic carbocycles. The smallest absolute Gasteiger partial charge is 0.306 e. The van der Waals surface area contributed by atoms with Gasteiger partial charge in [-0.05, 0) is 32.1 Å². The van der Waals surface area contributed by atoms with Crippen molar-refractivity contribution in [2.75, 3.05) is 47.5 Å². The van der Waals surface area contributed by atoms with Gasteiger partial charge in [-0.3, -0.25) is 14.2 Å². The summed E-state index contributed by atoms with van der Waals surface area (Å²) in [5, 5.41) is 0. The van der Waals surface area contributed by atoms with E-state index in [9.17, 15) is 19.0 Å². The highest BCUT2D eigenvalue weighted by atomic mass is 31.2. The number of carbonyl (C=O) groups excluding carboxylic acids is 2. The van der Waals surface area contributed by atoms with Crippen molar-refractivity contribution in [3.05, 3.63) is 24.3 Å². The molecule has 0 radical (unpaired) electrons. The summed E-state index contributed by atoms with van der Waals surface area (Å²) in [5.41, 5.74) is 0. The zero-order valence-corrected chi connectivity index (χ0v) is 36.6. The number of esters is 2. The van der Waals surface area contributed by atoms with Gasteiger partial charge in [-0.2, -0.15) is 0 Å². The van der Waals surface area contributed by atoms with Crippen molar-refractivity contribution in [2.45, 2.75) is 200 Å². The number of allylic oxidation sites excluding steroid dienone is 4. The fraction of sp³-hybridized carbons (Fsp3) is 0.864. The molecule has 0 N–H and O–H groups in total. The molecule has 0 rings (SSSR count). The van der Waals surface area contributed by atoms with Gasteiger partial charge in [0, 0.05) is 12.8 Å². The largest absolute Gasteiger partial charge is 0.756 e. The predicted octanol–water partition coefficient (Wildman–Crippen LogP) is 11.7. The van der Waals surface area contributed by atoms with Crippen LogP contribution >= 0.6 is 7.82 Å². The van der Waals surface area contributed by atoms with E-state index in [2.05, 4.69) is 26.0 Å². The van der Waals surface area contributed by atoms with Gasteiger partial charge < -0.3 is 27.9 Å². The zero-order chi connectivity index (χ0) is 40.0. The van der Waals surface area contributed by atoms with Crippen LogP contribution in [0.5, 0.6) is 0 Å². The van der Waals surface area contributed by atoms with E-state index in [1.54, 1.807) is 0 Å². The highest BCUT2D eigenvalue weighted by molar-refractivity contribution is 7.45. The number of rotatable bonds is 40. The van der Waals surface area contributed by atoms with E-state index in [4.69, 9.17) is 18.5 Å². The number of ether oxygens (including phenoxy) is 2. The zero-order valence-electron chi connectivity index (χ0n) is 35.7. The van der Waals surface area contributed by atoms with Gasteiger partial charge in [0.1, 0.15) is 19.8 Å². The fourth-order valence-corrected chi connectivity index (χ4v) is 6.73. The van der Waals surface area contributed by atoms with Gasteiger partial charge in [-0.25, -0.2) is 0 Å². The Labute approximate surface area is 332 Å². The molecular formula is C44H84NO8P. The topological polar surface area (TPSA) is 111 Å². The standard InChI is InChI=1S/C44H84NO8P/c1-6-8-10-12-14-16-18-20-22-24-26-28-30-32-34-36-43(46)50-40-42(41-52-54(48,49)51-39-38-45(3,4)5)53-44(47)37-35-33-31-29-27-25-23-21-19-17-15-13-11-9-7-2/h25,27,31,33,42H,6-24,26,28-30,32,34-41H2,1-5H3/b27-25-,33-31-. The summed E-state index contributed by atoms with van der Waals surface area (Å²) in [4.78, 5) is 37.4. The minimum absolute atomic E-state index is 0.0380. The number of hydrogen-bond donors (Lipinski definition) is 0. The van der Waals surface area contributed by atoms with E-state index in [-0.39, 0.29) is 26.1 Å². The van der Waals surface area contributed by atoms with Crippen molar-refractivity contribution >= 4 is 19.8 Å². The van der Waals surface area contributed by atoms with E-state index in [1.165, 1.54) is 128 Å². The molecule has 54 heavy (non-hydrogen) atoms. The second-order valence-electron chi connectivity index (χ2n) is 16.1. The SMILES string of the molecule is CCCCCCCCCC/C=C\C/C=C\CCC(=O)OC(COC(=O)CCCCCCCCCCCCCCCCC)COP(=O)([O-])OCC[N+](C)(C)C. The summed E-state index contributed by atoms with van der Waals surface area (Å²) < 4.78 is 33.8. The minimum Gasteiger partial charge on any atom is -0.756 e. The Morgan fingerprint density at radius 3 is 1.54 bits per heavy atom. The second-order valence-corrected chi connectivity index (χ2v) is 17.5. The minimum atomic E-state index is -4.63. The highest BCUT2D eigenvalue weighted by Crippen LogP contribution is 2.38. The molecule has 2 atom stereocenters. The first-order valence-electron chi connectivity index (χ1n) is 22.0. The number of carbonyl (C=O) groups is 2. The Morgan fingerprint density at radius 2 is 1.04 bits per heavy atom. The first-order chi connectivity index (χ1) is 26.0. The maximum atomic E-state index is 12.6. The third kappa shape index (κ3) is 40.2. The molecule has 0 aromatic carbocycles. The van der Waals surface area contributed by atoms with Gasteiger partial charge in [-0.15, -0.1) is 0 Å². The second kappa shape index (κ2) is 37.1. The Hall–Kier alpha value is -1.51. The average molecular weight is 786 g/mol.